The van der Waals surface area contributed by atoms with Crippen molar-refractivity contribution in [3.05, 3.63) is 35.4 Å². The fourth-order valence-electron chi connectivity index (χ4n) is 1.17. The van der Waals surface area contributed by atoms with Crippen molar-refractivity contribution in [3.8, 4) is 0 Å². The molecule has 1 amide bonds. The quantitative estimate of drug-likeness (QED) is 0.704. The van der Waals surface area contributed by atoms with Gasteiger partial charge < -0.3 is 10.4 Å². The van der Waals surface area contributed by atoms with Crippen LogP contribution in [0.4, 0.5) is 0 Å². The maximum atomic E-state index is 11.1. The molecule has 13 heavy (non-hydrogen) atoms. The van der Waals surface area contributed by atoms with Crippen molar-refractivity contribution >= 4 is 5.91 Å². The molecule has 1 unspecified atom stereocenters. The van der Waals surface area contributed by atoms with E-state index in [1.165, 1.54) is 7.05 Å². The summed E-state index contributed by atoms with van der Waals surface area (Å²) in [6, 6.07) is 7.28. The lowest BCUT2D eigenvalue weighted by Gasteiger charge is -2.11. The summed E-state index contributed by atoms with van der Waals surface area (Å²) in [6.45, 7) is 1.86. The zero-order valence-corrected chi connectivity index (χ0v) is 7.74. The third-order valence-electron chi connectivity index (χ3n) is 1.98. The van der Waals surface area contributed by atoms with Crippen LogP contribution in [-0.4, -0.2) is 18.1 Å². The van der Waals surface area contributed by atoms with Gasteiger partial charge in [-0.1, -0.05) is 24.3 Å². The third kappa shape index (κ3) is 2.06. The van der Waals surface area contributed by atoms with Crippen LogP contribution in [0.1, 0.15) is 17.2 Å². The van der Waals surface area contributed by atoms with Gasteiger partial charge >= 0.3 is 0 Å². The van der Waals surface area contributed by atoms with Crippen molar-refractivity contribution in [3.63, 3.8) is 0 Å². The first-order chi connectivity index (χ1) is 6.16. The van der Waals surface area contributed by atoms with E-state index in [1.807, 2.05) is 19.1 Å². The van der Waals surface area contributed by atoms with E-state index in [9.17, 15) is 9.90 Å². The summed E-state index contributed by atoms with van der Waals surface area (Å²) in [5.41, 5.74) is 1.57. The number of amides is 1. The van der Waals surface area contributed by atoms with E-state index in [-0.39, 0.29) is 5.91 Å². The summed E-state index contributed by atoms with van der Waals surface area (Å²) >= 11 is 0. The highest BCUT2D eigenvalue weighted by Crippen LogP contribution is 2.16. The second-order valence-electron chi connectivity index (χ2n) is 2.87. The van der Waals surface area contributed by atoms with Crippen LogP contribution >= 0.6 is 0 Å². The average Bonchev–Trinajstić information content (AvgIpc) is 2.16. The molecule has 0 heterocycles. The van der Waals surface area contributed by atoms with Gasteiger partial charge in [0.1, 0.15) is 0 Å². The van der Waals surface area contributed by atoms with Gasteiger partial charge in [-0.3, -0.25) is 4.79 Å². The van der Waals surface area contributed by atoms with E-state index < -0.39 is 6.10 Å². The molecular formula is C10H13NO2. The molecule has 0 saturated heterocycles. The Kier molecular flexibility index (Phi) is 3.03. The van der Waals surface area contributed by atoms with Crippen LogP contribution < -0.4 is 5.32 Å². The fourth-order valence-corrected chi connectivity index (χ4v) is 1.17. The predicted molar refractivity (Wildman–Crippen MR) is 50.2 cm³/mol. The lowest BCUT2D eigenvalue weighted by Crippen LogP contribution is -2.25. The normalized spacial score (nSPS) is 12.2. The van der Waals surface area contributed by atoms with E-state index in [4.69, 9.17) is 0 Å². The van der Waals surface area contributed by atoms with Gasteiger partial charge in [-0.15, -0.1) is 0 Å². The summed E-state index contributed by atoms with van der Waals surface area (Å²) in [5, 5.41) is 12.0. The zero-order valence-electron chi connectivity index (χ0n) is 7.74. The van der Waals surface area contributed by atoms with Gasteiger partial charge in [0.2, 0.25) is 0 Å². The predicted octanol–water partition coefficient (Wildman–Crippen LogP) is 0.774. The molecule has 0 spiro atoms. The highest BCUT2D eigenvalue weighted by molar-refractivity contribution is 5.81. The molecule has 0 aliphatic carbocycles. The van der Waals surface area contributed by atoms with Crippen molar-refractivity contribution in [2.24, 2.45) is 0 Å². The Morgan fingerprint density at radius 3 is 2.62 bits per heavy atom. The monoisotopic (exact) mass is 179 g/mol. The maximum Gasteiger partial charge on any atom is 0.253 e. The van der Waals surface area contributed by atoms with Crippen LogP contribution in [-0.2, 0) is 4.79 Å². The van der Waals surface area contributed by atoms with Crippen molar-refractivity contribution in [1.82, 2.24) is 5.32 Å². The minimum absolute atomic E-state index is 0.380. The lowest BCUT2D eigenvalue weighted by atomic mass is 10.0. The maximum absolute atomic E-state index is 11.1. The number of aryl methyl sites for hydroxylation is 1. The Balaban J connectivity index is 2.95. The zero-order chi connectivity index (χ0) is 9.84. The van der Waals surface area contributed by atoms with Crippen LogP contribution in [0.3, 0.4) is 0 Å². The van der Waals surface area contributed by atoms with E-state index in [0.29, 0.717) is 5.56 Å². The molecule has 3 heteroatoms. The Labute approximate surface area is 77.4 Å². The van der Waals surface area contributed by atoms with Crippen molar-refractivity contribution in [2.75, 3.05) is 7.05 Å². The largest absolute Gasteiger partial charge is 0.378 e. The first-order valence-corrected chi connectivity index (χ1v) is 4.12. The number of hydrogen-bond donors (Lipinski definition) is 2. The number of hydrogen-bond acceptors (Lipinski definition) is 2. The Hall–Kier alpha value is -1.35. The molecule has 1 atom stereocenters. The second-order valence-corrected chi connectivity index (χ2v) is 2.87. The molecule has 0 radical (unpaired) electrons. The number of aliphatic hydroxyl groups is 1. The number of carbonyl (C=O) groups is 1. The molecule has 70 valence electrons. The summed E-state index contributed by atoms with van der Waals surface area (Å²) < 4.78 is 0. The first-order valence-electron chi connectivity index (χ1n) is 4.12. The number of benzene rings is 1. The highest BCUT2D eigenvalue weighted by Gasteiger charge is 2.16. The topological polar surface area (TPSA) is 49.3 Å². The Bertz CT molecular complexity index is 310. The molecule has 1 rings (SSSR count). The van der Waals surface area contributed by atoms with Crippen LogP contribution in [0.5, 0.6) is 0 Å². The number of carbonyl (C=O) groups excluding carboxylic acids is 1. The van der Waals surface area contributed by atoms with Gasteiger partial charge in [-0.2, -0.15) is 0 Å². The molecule has 3 nitrogen and oxygen atoms in total. The summed E-state index contributed by atoms with van der Waals surface area (Å²) in [4.78, 5) is 11.1. The van der Waals surface area contributed by atoms with Gasteiger partial charge in [0.15, 0.2) is 6.10 Å². The van der Waals surface area contributed by atoms with Crippen LogP contribution in [0, 0.1) is 6.92 Å². The van der Waals surface area contributed by atoms with Gasteiger partial charge in [0.05, 0.1) is 0 Å². The summed E-state index contributed by atoms with van der Waals surface area (Å²) in [7, 11) is 1.50. The smallest absolute Gasteiger partial charge is 0.253 e. The molecule has 1 aromatic carbocycles. The van der Waals surface area contributed by atoms with E-state index in [0.717, 1.165) is 5.56 Å². The fraction of sp³-hybridized carbons (Fsp3) is 0.300. The molecule has 0 aromatic heterocycles. The first kappa shape index (κ1) is 9.74. The molecular weight excluding hydrogens is 166 g/mol. The van der Waals surface area contributed by atoms with Gasteiger partial charge in [-0.25, -0.2) is 0 Å². The van der Waals surface area contributed by atoms with E-state index in [2.05, 4.69) is 5.32 Å². The van der Waals surface area contributed by atoms with Gasteiger partial charge in [0, 0.05) is 7.05 Å². The van der Waals surface area contributed by atoms with Crippen molar-refractivity contribution in [1.29, 1.82) is 0 Å². The third-order valence-corrected chi connectivity index (χ3v) is 1.98. The minimum atomic E-state index is -1.06. The number of aliphatic hydroxyl groups excluding tert-OH is 1. The SMILES string of the molecule is CNC(=O)C(O)c1ccccc1C. The number of rotatable bonds is 2. The van der Waals surface area contributed by atoms with Crippen LogP contribution in [0.2, 0.25) is 0 Å². The Morgan fingerprint density at radius 2 is 2.08 bits per heavy atom. The average molecular weight is 179 g/mol. The van der Waals surface area contributed by atoms with Crippen LogP contribution in [0.25, 0.3) is 0 Å². The minimum Gasteiger partial charge on any atom is -0.378 e. The second kappa shape index (κ2) is 4.05. The molecule has 1 aromatic rings. The van der Waals surface area contributed by atoms with Gasteiger partial charge in [0.25, 0.3) is 5.91 Å². The van der Waals surface area contributed by atoms with Crippen molar-refractivity contribution < 1.29 is 9.90 Å². The standard InChI is InChI=1S/C10H13NO2/c1-7-5-3-4-6-8(7)9(12)10(13)11-2/h3-6,9,12H,1-2H3,(H,11,13). The number of likely N-dealkylation sites (N-methyl/N-ethyl adjacent to an activating group) is 1. The molecule has 0 aliphatic heterocycles. The summed E-state index contributed by atoms with van der Waals surface area (Å²) in [6.07, 6.45) is -1.06. The molecule has 0 saturated carbocycles. The molecule has 0 fully saturated rings. The summed E-state index contributed by atoms with van der Waals surface area (Å²) in [5.74, 6) is -0.380. The highest BCUT2D eigenvalue weighted by atomic mass is 16.3. The van der Waals surface area contributed by atoms with Crippen LogP contribution in [0.15, 0.2) is 24.3 Å². The number of nitrogens with one attached hydrogen (secondary N) is 1. The lowest BCUT2D eigenvalue weighted by molar-refractivity contribution is -0.129. The molecule has 2 N–H and O–H groups in total. The molecule has 0 bridgehead atoms. The Morgan fingerprint density at radius 1 is 1.46 bits per heavy atom. The van der Waals surface area contributed by atoms with E-state index in [1.54, 1.807) is 12.1 Å². The van der Waals surface area contributed by atoms with Gasteiger partial charge in [-0.05, 0) is 18.1 Å². The van der Waals surface area contributed by atoms with Crippen molar-refractivity contribution in [2.45, 2.75) is 13.0 Å². The molecule has 0 aliphatic rings. The van der Waals surface area contributed by atoms with E-state index >= 15 is 0 Å².